The second-order valence-electron chi connectivity index (χ2n) is 13.3. The quantitative estimate of drug-likeness (QED) is 0.0716. The topological polar surface area (TPSA) is 117 Å². The number of benzene rings is 4. The maximum absolute atomic E-state index is 11.3. The highest BCUT2D eigenvalue weighted by atomic mass is 35.5. The third-order valence-corrected chi connectivity index (χ3v) is 12.0. The van der Waals surface area contributed by atoms with Crippen molar-refractivity contribution >= 4 is 81.8 Å². The number of aryl methyl sites for hydroxylation is 1. The normalized spacial score (nSPS) is 16.8. The highest BCUT2D eigenvalue weighted by Crippen LogP contribution is 2.37. The molecule has 0 bridgehead atoms. The van der Waals surface area contributed by atoms with Gasteiger partial charge in [-0.3, -0.25) is 9.11 Å². The Hall–Kier alpha value is -4.06. The zero-order valence-electron chi connectivity index (χ0n) is 28.1. The van der Waals surface area contributed by atoms with E-state index in [1.165, 1.54) is 10.8 Å². The SMILES string of the molecule is O=S(=O)(O)CCCCn1c(=CC=C2CCCC(C=CC3=[N+](CCCCS(=O)(=O)O)c4cccc5cccc3c45)=C2Cl)c2cccc3cccc1c32. The van der Waals surface area contributed by atoms with Crippen LogP contribution in [0.4, 0.5) is 5.69 Å². The summed E-state index contributed by atoms with van der Waals surface area (Å²) in [4.78, 5) is 0. The van der Waals surface area contributed by atoms with Crippen LogP contribution in [0.2, 0.25) is 0 Å². The molecular formula is C40H40ClN2O6S2+. The van der Waals surface area contributed by atoms with Gasteiger partial charge in [0.25, 0.3) is 20.2 Å². The summed E-state index contributed by atoms with van der Waals surface area (Å²) < 4.78 is 68.3. The predicted molar refractivity (Wildman–Crippen MR) is 207 cm³/mol. The van der Waals surface area contributed by atoms with Crippen molar-refractivity contribution in [3.63, 3.8) is 0 Å². The van der Waals surface area contributed by atoms with Gasteiger partial charge >= 0.3 is 0 Å². The fourth-order valence-corrected chi connectivity index (χ4v) is 9.04. The number of allylic oxidation sites excluding steroid dienone is 6. The average Bonchev–Trinajstić information content (AvgIpc) is 3.57. The molecule has 4 aromatic carbocycles. The maximum Gasteiger partial charge on any atom is 0.264 e. The van der Waals surface area contributed by atoms with Gasteiger partial charge in [-0.1, -0.05) is 78.4 Å². The molecule has 1 aliphatic heterocycles. The highest BCUT2D eigenvalue weighted by molar-refractivity contribution is 7.86. The van der Waals surface area contributed by atoms with Crippen molar-refractivity contribution in [3.8, 4) is 0 Å². The maximum atomic E-state index is 11.3. The molecule has 0 fully saturated rings. The van der Waals surface area contributed by atoms with Gasteiger partial charge in [0.2, 0.25) is 11.4 Å². The minimum Gasteiger partial charge on any atom is -0.340 e. The van der Waals surface area contributed by atoms with Crippen molar-refractivity contribution < 1.29 is 30.5 Å². The molecule has 1 aliphatic carbocycles. The lowest BCUT2D eigenvalue weighted by Crippen LogP contribution is -2.17. The van der Waals surface area contributed by atoms with E-state index < -0.39 is 20.2 Å². The summed E-state index contributed by atoms with van der Waals surface area (Å²) in [5, 5.41) is 7.50. The van der Waals surface area contributed by atoms with E-state index in [2.05, 4.69) is 94.1 Å². The number of hydrogen-bond donors (Lipinski definition) is 2. The highest BCUT2D eigenvalue weighted by Gasteiger charge is 2.30. The van der Waals surface area contributed by atoms with E-state index in [4.69, 9.17) is 11.6 Å². The number of unbranched alkanes of at least 4 members (excludes halogenated alkanes) is 2. The van der Waals surface area contributed by atoms with E-state index in [-0.39, 0.29) is 11.5 Å². The zero-order chi connectivity index (χ0) is 35.8. The Bertz CT molecular complexity index is 2570. The van der Waals surface area contributed by atoms with Gasteiger partial charge in [0.05, 0.1) is 22.5 Å². The van der Waals surface area contributed by atoms with Crippen LogP contribution in [0, 0.1) is 0 Å². The molecule has 11 heteroatoms. The third kappa shape index (κ3) is 7.61. The van der Waals surface area contributed by atoms with Crippen LogP contribution in [0.5, 0.6) is 0 Å². The van der Waals surface area contributed by atoms with Crippen molar-refractivity contribution in [2.45, 2.75) is 51.5 Å². The van der Waals surface area contributed by atoms with Crippen molar-refractivity contribution in [2.24, 2.45) is 0 Å². The van der Waals surface area contributed by atoms with Crippen molar-refractivity contribution in [1.82, 2.24) is 4.57 Å². The molecule has 0 amide bonds. The minimum atomic E-state index is -4.01. The van der Waals surface area contributed by atoms with Crippen LogP contribution in [-0.4, -0.2) is 58.8 Å². The fraction of sp³-hybridized carbons (Fsp3) is 0.275. The van der Waals surface area contributed by atoms with Gasteiger partial charge < -0.3 is 4.57 Å². The third-order valence-electron chi connectivity index (χ3n) is 9.89. The smallest absolute Gasteiger partial charge is 0.264 e. The monoisotopic (exact) mass is 743 g/mol. The summed E-state index contributed by atoms with van der Waals surface area (Å²) in [6.07, 6.45) is 13.0. The fourth-order valence-electron chi connectivity index (χ4n) is 7.59. The molecule has 1 aromatic heterocycles. The van der Waals surface area contributed by atoms with Gasteiger partial charge in [0.15, 0.2) is 0 Å². The van der Waals surface area contributed by atoms with E-state index in [0.29, 0.717) is 38.8 Å². The first-order valence-electron chi connectivity index (χ1n) is 17.3. The van der Waals surface area contributed by atoms with E-state index in [9.17, 15) is 25.9 Å². The van der Waals surface area contributed by atoms with Crippen LogP contribution in [-0.2, 0) is 26.8 Å². The van der Waals surface area contributed by atoms with E-state index >= 15 is 0 Å². The van der Waals surface area contributed by atoms with Crippen LogP contribution in [0.15, 0.2) is 107 Å². The summed E-state index contributed by atoms with van der Waals surface area (Å²) in [6, 6.07) is 25.0. The standard InChI is InChI=1S/C40H39ClN2O6S2/c41-40-30(20-22-34-32-16-6-10-28-12-8-18-36(38(28)32)42(34)24-1-3-26-50(44,45)46)14-5-15-31(40)21-23-35-33-17-7-11-29-13-9-19-37(39(29)33)43(35)25-2-4-27-51(47,48)49/h6-13,16-23H,1-5,14-15,24-27H2,(H-,44,45,46,47,48,49)/p+1. The lowest BCUT2D eigenvalue weighted by molar-refractivity contribution is -0.436. The van der Waals surface area contributed by atoms with Crippen LogP contribution in [0.25, 0.3) is 38.5 Å². The van der Waals surface area contributed by atoms with Crippen molar-refractivity contribution in [2.75, 3.05) is 18.1 Å². The first kappa shape index (κ1) is 35.3. The first-order chi connectivity index (χ1) is 24.5. The van der Waals surface area contributed by atoms with Crippen LogP contribution < -0.4 is 5.35 Å². The minimum absolute atomic E-state index is 0.260. The summed E-state index contributed by atoms with van der Waals surface area (Å²) in [5.41, 5.74) is 6.42. The Morgan fingerprint density at radius 1 is 0.745 bits per heavy atom. The molecule has 264 valence electrons. The van der Waals surface area contributed by atoms with Crippen molar-refractivity contribution in [3.05, 3.63) is 118 Å². The van der Waals surface area contributed by atoms with Gasteiger partial charge in [-0.15, -0.1) is 0 Å². The summed E-state index contributed by atoms with van der Waals surface area (Å²) in [5.74, 6) is -0.520. The number of aromatic nitrogens is 1. The number of nitrogens with zero attached hydrogens (tertiary/aromatic N) is 2. The second kappa shape index (κ2) is 14.5. The van der Waals surface area contributed by atoms with Crippen LogP contribution in [0.1, 0.15) is 50.5 Å². The molecule has 0 spiro atoms. The van der Waals surface area contributed by atoms with Crippen LogP contribution in [0.3, 0.4) is 0 Å². The molecular weight excluding hydrogens is 704 g/mol. The Morgan fingerprint density at radius 2 is 1.41 bits per heavy atom. The lowest BCUT2D eigenvalue weighted by Gasteiger charge is -2.16. The van der Waals surface area contributed by atoms with Crippen molar-refractivity contribution in [1.29, 1.82) is 0 Å². The molecule has 2 N–H and O–H groups in total. The first-order valence-corrected chi connectivity index (χ1v) is 20.9. The van der Waals surface area contributed by atoms with Gasteiger partial charge in [0.1, 0.15) is 6.54 Å². The van der Waals surface area contributed by atoms with E-state index in [1.54, 1.807) is 0 Å². The molecule has 0 radical (unpaired) electrons. The molecule has 51 heavy (non-hydrogen) atoms. The summed E-state index contributed by atoms with van der Waals surface area (Å²) in [7, 11) is -8.02. The largest absolute Gasteiger partial charge is 0.340 e. The molecule has 2 heterocycles. The zero-order valence-corrected chi connectivity index (χ0v) is 30.5. The lowest BCUT2D eigenvalue weighted by atomic mass is 9.93. The molecule has 2 aliphatic rings. The Kier molecular flexibility index (Phi) is 10.1. The number of rotatable bonds is 13. The number of halogens is 1. The molecule has 7 rings (SSSR count). The molecule has 8 nitrogen and oxygen atoms in total. The molecule has 5 aromatic rings. The molecule has 0 saturated carbocycles. The van der Waals surface area contributed by atoms with Gasteiger partial charge in [-0.2, -0.15) is 21.4 Å². The average molecular weight is 744 g/mol. The van der Waals surface area contributed by atoms with E-state index in [0.717, 1.165) is 79.4 Å². The molecule has 0 saturated heterocycles. The predicted octanol–water partition coefficient (Wildman–Crippen LogP) is 8.09. The number of hydrogen-bond acceptors (Lipinski definition) is 4. The van der Waals surface area contributed by atoms with Crippen LogP contribution >= 0.6 is 11.6 Å². The van der Waals surface area contributed by atoms with Gasteiger partial charge in [-0.25, -0.2) is 0 Å². The summed E-state index contributed by atoms with van der Waals surface area (Å²) >= 11 is 7.16. The Morgan fingerprint density at radius 3 is 2.16 bits per heavy atom. The second-order valence-corrected chi connectivity index (χ2v) is 16.8. The van der Waals surface area contributed by atoms with Gasteiger partial charge in [-0.05, 0) is 78.7 Å². The van der Waals surface area contributed by atoms with E-state index in [1.807, 2.05) is 12.1 Å². The Labute approximate surface area is 303 Å². The Balaban J connectivity index is 1.23. The summed E-state index contributed by atoms with van der Waals surface area (Å²) in [6.45, 7) is 1.21. The molecule has 0 atom stereocenters. The molecule has 0 unspecified atom stereocenters. The van der Waals surface area contributed by atoms with Gasteiger partial charge in [0, 0.05) is 51.8 Å².